The standard InChI is InChI=1S/C28H30FN9O3/c1-15-10-18(36-35-15)13-38(3)25(39)14-41-37-27-26-16(2)31-28(30)34-23(26)12-22(33-27)19-9-8-17(29)11-20(19)21-6-5-7-24(32-21)40-4/h5-11,22H,12-14H2,1-4H3,(H,33,37)(H,35,36)(H2,30,31,34)/t22-/m1/s1. The van der Waals surface area contributed by atoms with Crippen molar-refractivity contribution >= 4 is 17.7 Å². The maximum atomic E-state index is 14.4. The number of anilines is 1. The summed E-state index contributed by atoms with van der Waals surface area (Å²) in [5, 5.41) is 7.02. The molecule has 212 valence electrons. The number of hydrogen-bond donors (Lipinski definition) is 3. The molecule has 1 atom stereocenters. The van der Waals surface area contributed by atoms with E-state index in [4.69, 9.17) is 20.3 Å². The van der Waals surface area contributed by atoms with Crippen molar-refractivity contribution in [3.05, 3.63) is 82.2 Å². The number of amides is 1. The third kappa shape index (κ3) is 6.14. The number of methoxy groups -OCH3 is 1. The van der Waals surface area contributed by atoms with Gasteiger partial charge in [-0.15, -0.1) is 0 Å². The highest BCUT2D eigenvalue weighted by Gasteiger charge is 2.29. The average molecular weight is 560 g/mol. The zero-order valence-electron chi connectivity index (χ0n) is 23.1. The smallest absolute Gasteiger partial charge is 0.251 e. The number of hydrogen-bond acceptors (Lipinski definition) is 10. The van der Waals surface area contributed by atoms with Crippen LogP contribution in [-0.2, 0) is 22.6 Å². The summed E-state index contributed by atoms with van der Waals surface area (Å²) in [6.45, 7) is 3.76. The molecule has 5 rings (SSSR count). The van der Waals surface area contributed by atoms with Crippen LogP contribution in [0.4, 0.5) is 10.3 Å². The number of carbonyl (C=O) groups excluding carboxylic acids is 1. The van der Waals surface area contributed by atoms with Crippen molar-refractivity contribution in [2.24, 2.45) is 4.99 Å². The normalized spacial score (nSPS) is 14.3. The first-order valence-electron chi connectivity index (χ1n) is 12.9. The molecule has 4 heterocycles. The average Bonchev–Trinajstić information content (AvgIpc) is 3.36. The van der Waals surface area contributed by atoms with Crippen molar-refractivity contribution in [3.8, 4) is 17.1 Å². The van der Waals surface area contributed by atoms with Crippen molar-refractivity contribution in [3.63, 3.8) is 0 Å². The summed E-state index contributed by atoms with van der Waals surface area (Å²) in [4.78, 5) is 38.0. The van der Waals surface area contributed by atoms with Crippen molar-refractivity contribution in [2.75, 3.05) is 26.5 Å². The minimum atomic E-state index is -0.493. The van der Waals surface area contributed by atoms with E-state index in [1.807, 2.05) is 13.0 Å². The molecular weight excluding hydrogens is 529 g/mol. The zero-order valence-corrected chi connectivity index (χ0v) is 23.1. The molecule has 0 saturated carbocycles. The quantitative estimate of drug-likeness (QED) is 0.276. The number of aromatic amines is 1. The van der Waals surface area contributed by atoms with Gasteiger partial charge in [-0.25, -0.2) is 24.8 Å². The molecule has 4 aromatic rings. The molecule has 4 N–H and O–H groups in total. The zero-order chi connectivity index (χ0) is 29.1. The van der Waals surface area contributed by atoms with Gasteiger partial charge in [0.2, 0.25) is 11.8 Å². The second-order valence-electron chi connectivity index (χ2n) is 9.67. The molecule has 0 spiro atoms. The number of benzene rings is 1. The number of rotatable bonds is 8. The summed E-state index contributed by atoms with van der Waals surface area (Å²) < 4.78 is 19.7. The van der Waals surface area contributed by atoms with Crippen molar-refractivity contribution in [2.45, 2.75) is 32.9 Å². The third-order valence-corrected chi connectivity index (χ3v) is 6.62. The van der Waals surface area contributed by atoms with E-state index < -0.39 is 11.9 Å². The Morgan fingerprint density at radius 2 is 2.02 bits per heavy atom. The van der Waals surface area contributed by atoms with Gasteiger partial charge in [-0.2, -0.15) is 5.10 Å². The van der Waals surface area contributed by atoms with Crippen molar-refractivity contribution in [1.82, 2.24) is 35.5 Å². The Labute approximate surface area is 235 Å². The number of nitrogens with zero attached hydrogens (tertiary/aromatic N) is 6. The lowest BCUT2D eigenvalue weighted by molar-refractivity contribution is -0.136. The first kappa shape index (κ1) is 27.6. The predicted octanol–water partition coefficient (Wildman–Crippen LogP) is 2.83. The third-order valence-electron chi connectivity index (χ3n) is 6.62. The second-order valence-corrected chi connectivity index (χ2v) is 9.67. The summed E-state index contributed by atoms with van der Waals surface area (Å²) >= 11 is 0. The molecule has 3 aromatic heterocycles. The number of aromatic nitrogens is 5. The number of pyridine rings is 1. The van der Waals surface area contributed by atoms with Crippen LogP contribution in [0.3, 0.4) is 0 Å². The van der Waals surface area contributed by atoms with Crippen LogP contribution in [0.5, 0.6) is 5.88 Å². The largest absolute Gasteiger partial charge is 0.481 e. The molecule has 1 aliphatic rings. The van der Waals surface area contributed by atoms with Crippen LogP contribution in [0.1, 0.15) is 39.9 Å². The molecule has 0 unspecified atom stereocenters. The minimum absolute atomic E-state index is 0.126. The van der Waals surface area contributed by atoms with E-state index in [-0.39, 0.29) is 18.5 Å². The lowest BCUT2D eigenvalue weighted by Crippen LogP contribution is -2.36. The van der Waals surface area contributed by atoms with Crippen LogP contribution in [0.25, 0.3) is 11.3 Å². The van der Waals surface area contributed by atoms with Gasteiger partial charge >= 0.3 is 0 Å². The van der Waals surface area contributed by atoms with Crippen LogP contribution in [0.15, 0.2) is 47.5 Å². The van der Waals surface area contributed by atoms with Gasteiger partial charge in [-0.3, -0.25) is 19.7 Å². The predicted molar refractivity (Wildman–Crippen MR) is 149 cm³/mol. The molecule has 12 nitrogen and oxygen atoms in total. The summed E-state index contributed by atoms with van der Waals surface area (Å²) in [5.41, 5.74) is 14.2. The molecule has 0 fully saturated rings. The van der Waals surface area contributed by atoms with Crippen LogP contribution in [-0.4, -0.2) is 62.6 Å². The molecular formula is C28H30FN9O3. The number of nitrogens with two attached hydrogens (primary N) is 1. The Balaban J connectivity index is 1.42. The maximum Gasteiger partial charge on any atom is 0.251 e. The van der Waals surface area contributed by atoms with Crippen LogP contribution in [0.2, 0.25) is 0 Å². The number of carbonyl (C=O) groups is 1. The van der Waals surface area contributed by atoms with Gasteiger partial charge in [0.25, 0.3) is 5.91 Å². The van der Waals surface area contributed by atoms with Crippen molar-refractivity contribution < 1.29 is 18.8 Å². The number of aryl methyl sites for hydroxylation is 2. The van der Waals surface area contributed by atoms with Gasteiger partial charge in [-0.1, -0.05) is 12.1 Å². The number of fused-ring (bicyclic) bond motifs is 1. The molecule has 41 heavy (non-hydrogen) atoms. The summed E-state index contributed by atoms with van der Waals surface area (Å²) in [6, 6.07) is 11.1. The van der Waals surface area contributed by atoms with E-state index in [0.29, 0.717) is 52.9 Å². The van der Waals surface area contributed by atoms with Crippen LogP contribution in [0, 0.1) is 19.7 Å². The van der Waals surface area contributed by atoms with E-state index >= 15 is 0 Å². The molecule has 13 heteroatoms. The number of halogens is 1. The second kappa shape index (κ2) is 11.7. The number of nitrogens with one attached hydrogen (secondary N) is 2. The highest BCUT2D eigenvalue weighted by Crippen LogP contribution is 2.36. The Morgan fingerprint density at radius 1 is 1.20 bits per heavy atom. The lowest BCUT2D eigenvalue weighted by Gasteiger charge is -2.26. The molecule has 0 aliphatic carbocycles. The first-order chi connectivity index (χ1) is 19.7. The molecule has 1 aliphatic heterocycles. The number of hydroxylamine groups is 1. The van der Waals surface area contributed by atoms with Gasteiger partial charge in [0.1, 0.15) is 5.82 Å². The SMILES string of the molecule is COc1cccc(-c2cc(F)ccc2[C@H]2Cc3nc(N)nc(C)c3C(NOCC(=O)N(C)Cc3cc(C)[nH]n3)=N2)n1. The van der Waals surface area contributed by atoms with E-state index in [0.717, 1.165) is 17.0 Å². The Hall–Kier alpha value is -4.91. The highest BCUT2D eigenvalue weighted by atomic mass is 19.1. The fraction of sp³-hybridized carbons (Fsp3) is 0.286. The number of H-pyrrole nitrogens is 1. The number of ether oxygens (including phenoxy) is 1. The minimum Gasteiger partial charge on any atom is -0.481 e. The van der Waals surface area contributed by atoms with Gasteiger partial charge in [0, 0.05) is 30.8 Å². The monoisotopic (exact) mass is 559 g/mol. The highest BCUT2D eigenvalue weighted by molar-refractivity contribution is 6.01. The summed E-state index contributed by atoms with van der Waals surface area (Å²) in [5.74, 6) is 0.188. The van der Waals surface area contributed by atoms with Crippen molar-refractivity contribution in [1.29, 1.82) is 0 Å². The molecule has 1 aromatic carbocycles. The molecule has 0 bridgehead atoms. The summed E-state index contributed by atoms with van der Waals surface area (Å²) in [7, 11) is 3.19. The fourth-order valence-corrected chi connectivity index (χ4v) is 4.70. The van der Waals surface area contributed by atoms with Gasteiger partial charge < -0.3 is 15.4 Å². The number of nitrogen functional groups attached to an aromatic ring is 1. The fourth-order valence-electron chi connectivity index (χ4n) is 4.70. The van der Waals surface area contributed by atoms with E-state index in [9.17, 15) is 9.18 Å². The topological polar surface area (TPSA) is 157 Å². The van der Waals surface area contributed by atoms with Crippen LogP contribution >= 0.6 is 0 Å². The Bertz CT molecular complexity index is 1620. The summed E-state index contributed by atoms with van der Waals surface area (Å²) in [6.07, 6.45) is 0.376. The van der Waals surface area contributed by atoms with Gasteiger partial charge in [-0.05, 0) is 43.7 Å². The number of likely N-dealkylation sites (N-methyl/N-ethyl adjacent to an activating group) is 1. The van der Waals surface area contributed by atoms with Gasteiger partial charge in [0.05, 0.1) is 48.0 Å². The Morgan fingerprint density at radius 3 is 2.78 bits per heavy atom. The maximum absolute atomic E-state index is 14.4. The number of amidine groups is 1. The lowest BCUT2D eigenvalue weighted by atomic mass is 9.91. The molecule has 0 saturated heterocycles. The van der Waals surface area contributed by atoms with Crippen LogP contribution < -0.4 is 16.0 Å². The first-order valence-corrected chi connectivity index (χ1v) is 12.9. The van der Waals surface area contributed by atoms with E-state index in [1.165, 1.54) is 24.1 Å². The molecule has 1 amide bonds. The number of aliphatic imine (C=N–C) groups is 1. The Kier molecular flexibility index (Phi) is 7.88. The molecule has 0 radical (unpaired) electrons. The van der Waals surface area contributed by atoms with Gasteiger partial charge in [0.15, 0.2) is 12.4 Å². The van der Waals surface area contributed by atoms with E-state index in [1.54, 1.807) is 38.2 Å². The van der Waals surface area contributed by atoms with E-state index in [2.05, 4.69) is 30.6 Å².